The number of fused-ring (bicyclic) bond motifs is 12. The maximum absolute atomic E-state index is 2.47. The molecule has 3 heterocycles. The second kappa shape index (κ2) is 10.8. The number of aromatic nitrogens is 2. The molecule has 0 aliphatic heterocycles. The Hall–Kier alpha value is -6.42. The summed E-state index contributed by atoms with van der Waals surface area (Å²) in [6.07, 6.45) is 0. The molecule has 0 bridgehead atoms. The van der Waals surface area contributed by atoms with Gasteiger partial charge in [0, 0.05) is 58.5 Å². The molecule has 0 unspecified atom stereocenters. The Balaban J connectivity index is 1.08. The van der Waals surface area contributed by atoms with Gasteiger partial charge in [0.25, 0.3) is 0 Å². The Morgan fingerprint density at radius 3 is 1.72 bits per heavy atom. The first-order valence-corrected chi connectivity index (χ1v) is 19.6. The third-order valence-corrected chi connectivity index (χ3v) is 13.2. The van der Waals surface area contributed by atoms with Crippen LogP contribution in [0.3, 0.4) is 0 Å². The fraction of sp³-hybridized carbons (Fsp3) is 0.0588. The zero-order chi connectivity index (χ0) is 35.7. The topological polar surface area (TPSA) is 9.86 Å². The van der Waals surface area contributed by atoms with E-state index in [1.165, 1.54) is 109 Å². The summed E-state index contributed by atoms with van der Waals surface area (Å²) in [5.41, 5.74) is 15.3. The van der Waals surface area contributed by atoms with Gasteiger partial charge in [0.15, 0.2) is 0 Å². The summed E-state index contributed by atoms with van der Waals surface area (Å²) in [6, 6.07) is 63.2. The van der Waals surface area contributed by atoms with Crippen LogP contribution in [0.25, 0.3) is 97.4 Å². The first-order valence-electron chi connectivity index (χ1n) is 18.8. The molecular weight excluding hydrogens is 673 g/mol. The summed E-state index contributed by atoms with van der Waals surface area (Å²) >= 11 is 1.89. The zero-order valence-electron chi connectivity index (χ0n) is 30.0. The fourth-order valence-electron chi connectivity index (χ4n) is 9.52. The van der Waals surface area contributed by atoms with Crippen LogP contribution in [0.2, 0.25) is 0 Å². The van der Waals surface area contributed by atoms with Crippen molar-refractivity contribution in [2.75, 3.05) is 0 Å². The van der Waals surface area contributed by atoms with Gasteiger partial charge in [-0.1, -0.05) is 105 Å². The minimum Gasteiger partial charge on any atom is -0.309 e. The first-order chi connectivity index (χ1) is 26.5. The highest BCUT2D eigenvalue weighted by molar-refractivity contribution is 7.25. The summed E-state index contributed by atoms with van der Waals surface area (Å²) < 4.78 is 7.50. The smallest absolute Gasteiger partial charge is 0.0555 e. The molecule has 3 aromatic heterocycles. The number of nitrogens with zero attached hydrogens (tertiary/aromatic N) is 2. The van der Waals surface area contributed by atoms with Crippen LogP contribution in [0.1, 0.15) is 25.0 Å². The zero-order valence-corrected chi connectivity index (χ0v) is 30.8. The SMILES string of the molecule is CC1(C)c2ccccc2-c2cc3c4cc(-c5ccc6sc7cc8c(cc7c6c5)c5ccccc5n8-c5ccccc5)ccc4n(-c4ccccc4)c3cc21. The van der Waals surface area contributed by atoms with Crippen LogP contribution >= 0.6 is 11.3 Å². The van der Waals surface area contributed by atoms with E-state index >= 15 is 0 Å². The largest absolute Gasteiger partial charge is 0.309 e. The van der Waals surface area contributed by atoms with Crippen molar-refractivity contribution >= 4 is 75.1 Å². The van der Waals surface area contributed by atoms with Crippen LogP contribution in [-0.4, -0.2) is 9.13 Å². The predicted molar refractivity (Wildman–Crippen MR) is 231 cm³/mol. The highest BCUT2D eigenvalue weighted by Gasteiger charge is 2.36. The molecule has 0 fully saturated rings. The van der Waals surface area contributed by atoms with Crippen molar-refractivity contribution in [1.29, 1.82) is 0 Å². The molecule has 0 spiro atoms. The van der Waals surface area contributed by atoms with Crippen LogP contribution in [0.4, 0.5) is 0 Å². The maximum atomic E-state index is 2.47. The summed E-state index contributed by atoms with van der Waals surface area (Å²) in [4.78, 5) is 0. The molecule has 0 amide bonds. The van der Waals surface area contributed by atoms with Crippen molar-refractivity contribution in [3.63, 3.8) is 0 Å². The highest BCUT2D eigenvalue weighted by atomic mass is 32.1. The molecule has 11 aromatic rings. The average molecular weight is 707 g/mol. The fourth-order valence-corrected chi connectivity index (χ4v) is 10.6. The van der Waals surface area contributed by atoms with E-state index in [4.69, 9.17) is 0 Å². The van der Waals surface area contributed by atoms with E-state index in [9.17, 15) is 0 Å². The van der Waals surface area contributed by atoms with Crippen molar-refractivity contribution in [2.24, 2.45) is 0 Å². The van der Waals surface area contributed by atoms with Gasteiger partial charge in [0.05, 0.1) is 22.1 Å². The number of benzene rings is 8. The molecule has 2 nitrogen and oxygen atoms in total. The Bertz CT molecular complexity index is 3340. The van der Waals surface area contributed by atoms with Crippen molar-refractivity contribution in [1.82, 2.24) is 9.13 Å². The van der Waals surface area contributed by atoms with E-state index in [2.05, 4.69) is 193 Å². The van der Waals surface area contributed by atoms with E-state index in [1.54, 1.807) is 0 Å². The summed E-state index contributed by atoms with van der Waals surface area (Å²) in [6.45, 7) is 4.74. The standard InChI is InChI=1S/C51H34N2S/c1-51(2)43-19-11-9-17-35(43)37-27-40-38-25-31(21-23-46(38)53(47(40)29-44(37)51)34-15-7-4-8-16-34)32-22-24-49-41(26-32)42-28-39-36-18-10-12-20-45(36)52(33-13-5-3-6-14-33)48(39)30-50(42)54-49/h3-30H,1-2H3. The third-order valence-electron chi connectivity index (χ3n) is 12.1. The highest BCUT2D eigenvalue weighted by Crippen LogP contribution is 2.51. The van der Waals surface area contributed by atoms with Crippen LogP contribution in [-0.2, 0) is 5.41 Å². The van der Waals surface area contributed by atoms with Crippen molar-refractivity contribution in [2.45, 2.75) is 19.3 Å². The maximum Gasteiger partial charge on any atom is 0.0555 e. The van der Waals surface area contributed by atoms with Crippen LogP contribution in [0.5, 0.6) is 0 Å². The third kappa shape index (κ3) is 4.05. The van der Waals surface area contributed by atoms with Crippen LogP contribution in [0, 0.1) is 0 Å². The average Bonchev–Trinajstić information content (AvgIpc) is 3.91. The lowest BCUT2D eigenvalue weighted by molar-refractivity contribution is 0.661. The molecule has 0 radical (unpaired) electrons. The molecule has 0 N–H and O–H groups in total. The van der Waals surface area contributed by atoms with Gasteiger partial charge in [-0.3, -0.25) is 0 Å². The number of thiophene rings is 1. The molecular formula is C51H34N2S. The molecule has 1 aliphatic carbocycles. The molecule has 12 rings (SSSR count). The number of hydrogen-bond acceptors (Lipinski definition) is 1. The van der Waals surface area contributed by atoms with Gasteiger partial charge < -0.3 is 9.13 Å². The Morgan fingerprint density at radius 2 is 0.944 bits per heavy atom. The molecule has 0 atom stereocenters. The summed E-state index contributed by atoms with van der Waals surface area (Å²) in [5, 5.41) is 7.78. The van der Waals surface area contributed by atoms with Gasteiger partial charge in [-0.05, 0) is 112 Å². The Morgan fingerprint density at radius 1 is 0.370 bits per heavy atom. The summed E-state index contributed by atoms with van der Waals surface area (Å²) in [5.74, 6) is 0. The first kappa shape index (κ1) is 30.1. The van der Waals surface area contributed by atoms with Gasteiger partial charge in [0.1, 0.15) is 0 Å². The molecule has 254 valence electrons. The number of hydrogen-bond donors (Lipinski definition) is 0. The van der Waals surface area contributed by atoms with Gasteiger partial charge in [-0.15, -0.1) is 11.3 Å². The van der Waals surface area contributed by atoms with Crippen molar-refractivity contribution in [3.8, 4) is 33.6 Å². The Labute approximate surface area is 316 Å². The number of para-hydroxylation sites is 3. The van der Waals surface area contributed by atoms with E-state index in [1.807, 2.05) is 11.3 Å². The van der Waals surface area contributed by atoms with Gasteiger partial charge in [0.2, 0.25) is 0 Å². The Kier molecular flexibility index (Phi) is 6.03. The van der Waals surface area contributed by atoms with Gasteiger partial charge in [-0.2, -0.15) is 0 Å². The molecule has 8 aromatic carbocycles. The minimum absolute atomic E-state index is 0.0655. The normalized spacial score (nSPS) is 13.5. The van der Waals surface area contributed by atoms with E-state index < -0.39 is 0 Å². The monoisotopic (exact) mass is 706 g/mol. The second-order valence-corrected chi connectivity index (χ2v) is 16.4. The lowest BCUT2D eigenvalue weighted by atomic mass is 9.82. The van der Waals surface area contributed by atoms with Gasteiger partial charge >= 0.3 is 0 Å². The van der Waals surface area contributed by atoms with E-state index in [0.717, 1.165) is 0 Å². The van der Waals surface area contributed by atoms with E-state index in [0.29, 0.717) is 0 Å². The second-order valence-electron chi connectivity index (χ2n) is 15.4. The molecule has 0 saturated carbocycles. The summed E-state index contributed by atoms with van der Waals surface area (Å²) in [7, 11) is 0. The minimum atomic E-state index is -0.0655. The molecule has 3 heteroatoms. The van der Waals surface area contributed by atoms with Gasteiger partial charge in [-0.25, -0.2) is 0 Å². The lowest BCUT2D eigenvalue weighted by Crippen LogP contribution is -2.14. The molecule has 1 aliphatic rings. The predicted octanol–water partition coefficient (Wildman–Crippen LogP) is 14.2. The molecule has 0 saturated heterocycles. The van der Waals surface area contributed by atoms with Crippen molar-refractivity contribution < 1.29 is 0 Å². The van der Waals surface area contributed by atoms with Crippen molar-refractivity contribution in [3.05, 3.63) is 181 Å². The molecule has 54 heavy (non-hydrogen) atoms. The van der Waals surface area contributed by atoms with Crippen LogP contribution in [0.15, 0.2) is 170 Å². The van der Waals surface area contributed by atoms with Crippen LogP contribution < -0.4 is 0 Å². The number of rotatable bonds is 3. The van der Waals surface area contributed by atoms with E-state index in [-0.39, 0.29) is 5.41 Å². The quantitative estimate of drug-likeness (QED) is 0.173. The lowest BCUT2D eigenvalue weighted by Gasteiger charge is -2.21.